The number of aliphatic carboxylic acids is 1. The number of para-hydroxylation sites is 2. The van der Waals surface area contributed by atoms with Crippen LogP contribution in [0.15, 0.2) is 24.3 Å². The van der Waals surface area contributed by atoms with Gasteiger partial charge in [-0.1, -0.05) is 19.1 Å². The fourth-order valence-corrected chi connectivity index (χ4v) is 3.29. The minimum atomic E-state index is -0.737. The van der Waals surface area contributed by atoms with E-state index in [1.165, 1.54) is 0 Å². The van der Waals surface area contributed by atoms with Gasteiger partial charge in [-0.15, -0.1) is 0 Å². The molecule has 2 heterocycles. The van der Waals surface area contributed by atoms with Crippen LogP contribution < -0.4 is 9.47 Å². The van der Waals surface area contributed by atoms with Crippen LogP contribution in [0.2, 0.25) is 0 Å². The first-order chi connectivity index (χ1) is 10.1. The summed E-state index contributed by atoms with van der Waals surface area (Å²) >= 11 is 0. The van der Waals surface area contributed by atoms with Gasteiger partial charge in [0.05, 0.1) is 0 Å². The number of ether oxygens (including phenoxy) is 2. The van der Waals surface area contributed by atoms with Crippen LogP contribution in [0.4, 0.5) is 0 Å². The average Bonchev–Trinajstić information content (AvgIpc) is 2.47. The van der Waals surface area contributed by atoms with Crippen molar-refractivity contribution in [1.82, 2.24) is 4.90 Å². The van der Waals surface area contributed by atoms with Crippen molar-refractivity contribution in [2.75, 3.05) is 19.7 Å². The van der Waals surface area contributed by atoms with Crippen LogP contribution in [0, 0.1) is 5.92 Å². The molecule has 1 aromatic carbocycles. The third-order valence-corrected chi connectivity index (χ3v) is 4.30. The van der Waals surface area contributed by atoms with Gasteiger partial charge in [-0.05, 0) is 37.4 Å². The minimum absolute atomic E-state index is 0.118. The maximum Gasteiger partial charge on any atom is 0.321 e. The number of rotatable bonds is 3. The molecule has 0 aliphatic carbocycles. The Hall–Kier alpha value is -1.75. The largest absolute Gasteiger partial charge is 0.486 e. The van der Waals surface area contributed by atoms with E-state index in [-0.39, 0.29) is 12.0 Å². The van der Waals surface area contributed by atoms with Crippen LogP contribution >= 0.6 is 0 Å². The van der Waals surface area contributed by atoms with Crippen LogP contribution in [0.3, 0.4) is 0 Å². The van der Waals surface area contributed by atoms with E-state index in [9.17, 15) is 9.90 Å². The van der Waals surface area contributed by atoms with Gasteiger partial charge >= 0.3 is 5.97 Å². The van der Waals surface area contributed by atoms with E-state index in [2.05, 4.69) is 0 Å². The van der Waals surface area contributed by atoms with E-state index < -0.39 is 12.0 Å². The van der Waals surface area contributed by atoms with Gasteiger partial charge in [-0.25, -0.2) is 0 Å². The smallest absolute Gasteiger partial charge is 0.321 e. The molecule has 5 nitrogen and oxygen atoms in total. The van der Waals surface area contributed by atoms with Gasteiger partial charge in [-0.3, -0.25) is 9.69 Å². The van der Waals surface area contributed by atoms with E-state index >= 15 is 0 Å². The van der Waals surface area contributed by atoms with Crippen LogP contribution in [0.5, 0.6) is 11.5 Å². The number of fused-ring (bicyclic) bond motifs is 1. The molecule has 1 N–H and O–H groups in total. The summed E-state index contributed by atoms with van der Waals surface area (Å²) in [7, 11) is 0. The van der Waals surface area contributed by atoms with Crippen LogP contribution in [-0.4, -0.2) is 47.8 Å². The van der Waals surface area contributed by atoms with Gasteiger partial charge in [-0.2, -0.15) is 0 Å². The van der Waals surface area contributed by atoms with E-state index in [1.807, 2.05) is 36.1 Å². The quantitative estimate of drug-likeness (QED) is 0.923. The topological polar surface area (TPSA) is 59.0 Å². The number of piperidine rings is 1. The first kappa shape index (κ1) is 14.2. The monoisotopic (exact) mass is 291 g/mol. The van der Waals surface area contributed by atoms with Crippen molar-refractivity contribution in [3.8, 4) is 11.5 Å². The first-order valence-electron chi connectivity index (χ1n) is 7.50. The summed E-state index contributed by atoms with van der Waals surface area (Å²) in [5.74, 6) is 0.939. The Morgan fingerprint density at radius 2 is 2.14 bits per heavy atom. The average molecular weight is 291 g/mol. The molecule has 0 spiro atoms. The van der Waals surface area contributed by atoms with E-state index in [1.54, 1.807) is 0 Å². The van der Waals surface area contributed by atoms with Crippen molar-refractivity contribution in [3.63, 3.8) is 0 Å². The fourth-order valence-electron chi connectivity index (χ4n) is 3.29. The minimum Gasteiger partial charge on any atom is -0.486 e. The second kappa shape index (κ2) is 5.93. The van der Waals surface area contributed by atoms with E-state index in [0.717, 1.165) is 30.9 Å². The number of likely N-dealkylation sites (tertiary alicyclic amines) is 1. The Kier molecular flexibility index (Phi) is 4.01. The lowest BCUT2D eigenvalue weighted by atomic mass is 9.90. The predicted molar refractivity (Wildman–Crippen MR) is 77.7 cm³/mol. The Morgan fingerprint density at radius 3 is 2.90 bits per heavy atom. The summed E-state index contributed by atoms with van der Waals surface area (Å²) < 4.78 is 11.6. The molecule has 0 bridgehead atoms. The molecule has 21 heavy (non-hydrogen) atoms. The number of benzene rings is 1. The highest BCUT2D eigenvalue weighted by Crippen LogP contribution is 2.32. The number of carbonyl (C=O) groups is 1. The van der Waals surface area contributed by atoms with Crippen LogP contribution in [-0.2, 0) is 4.79 Å². The number of hydrogen-bond donors (Lipinski definition) is 1. The zero-order chi connectivity index (χ0) is 14.8. The third kappa shape index (κ3) is 2.97. The Bertz CT molecular complexity index is 519. The SMILES string of the molecule is CC1CCCN(CC2COc3ccccc3O2)C1C(=O)O. The summed E-state index contributed by atoms with van der Waals surface area (Å²) in [5.41, 5.74) is 0. The number of carboxylic acid groups (broad SMARTS) is 1. The Labute approximate surface area is 124 Å². The Morgan fingerprint density at radius 1 is 1.38 bits per heavy atom. The van der Waals surface area contributed by atoms with Gasteiger partial charge in [0.25, 0.3) is 0 Å². The van der Waals surface area contributed by atoms with E-state index in [4.69, 9.17) is 9.47 Å². The maximum atomic E-state index is 11.5. The van der Waals surface area contributed by atoms with Crippen molar-refractivity contribution in [2.24, 2.45) is 5.92 Å². The molecule has 114 valence electrons. The molecule has 0 radical (unpaired) electrons. The van der Waals surface area contributed by atoms with Gasteiger partial charge in [0, 0.05) is 6.54 Å². The van der Waals surface area contributed by atoms with Gasteiger partial charge in [0.15, 0.2) is 11.5 Å². The molecule has 2 aliphatic heterocycles. The molecule has 3 unspecified atom stereocenters. The fraction of sp³-hybridized carbons (Fsp3) is 0.562. The summed E-state index contributed by atoms with van der Waals surface area (Å²) in [6, 6.07) is 7.17. The standard InChI is InChI=1S/C16H21NO4/c1-11-5-4-8-17(15(11)16(18)19)9-12-10-20-13-6-2-3-7-14(13)21-12/h2-3,6-7,11-12,15H,4-5,8-10H2,1H3,(H,18,19). The highest BCUT2D eigenvalue weighted by molar-refractivity contribution is 5.74. The van der Waals surface area contributed by atoms with Crippen LogP contribution in [0.25, 0.3) is 0 Å². The highest BCUT2D eigenvalue weighted by atomic mass is 16.6. The molecule has 3 rings (SSSR count). The second-order valence-corrected chi connectivity index (χ2v) is 5.90. The maximum absolute atomic E-state index is 11.5. The second-order valence-electron chi connectivity index (χ2n) is 5.90. The summed E-state index contributed by atoms with van der Waals surface area (Å²) in [4.78, 5) is 13.5. The zero-order valence-corrected chi connectivity index (χ0v) is 12.2. The lowest BCUT2D eigenvalue weighted by molar-refractivity contribution is -0.147. The van der Waals surface area contributed by atoms with Gasteiger partial charge in [0.1, 0.15) is 18.8 Å². The summed E-state index contributed by atoms with van der Waals surface area (Å²) in [6.45, 7) is 3.88. The molecule has 0 saturated carbocycles. The summed E-state index contributed by atoms with van der Waals surface area (Å²) in [6.07, 6.45) is 1.89. The van der Waals surface area contributed by atoms with Crippen molar-refractivity contribution in [1.29, 1.82) is 0 Å². The van der Waals surface area contributed by atoms with Crippen LogP contribution in [0.1, 0.15) is 19.8 Å². The molecule has 1 aromatic rings. The molecule has 5 heteroatoms. The Balaban J connectivity index is 1.68. The third-order valence-electron chi connectivity index (χ3n) is 4.30. The normalized spacial score (nSPS) is 29.1. The molecule has 3 atom stereocenters. The molecular weight excluding hydrogens is 270 g/mol. The highest BCUT2D eigenvalue weighted by Gasteiger charge is 2.36. The number of carboxylic acids is 1. The number of hydrogen-bond acceptors (Lipinski definition) is 4. The molecule has 1 saturated heterocycles. The predicted octanol–water partition coefficient (Wildman–Crippen LogP) is 2.01. The first-order valence-corrected chi connectivity index (χ1v) is 7.50. The van der Waals surface area contributed by atoms with Crippen molar-refractivity contribution < 1.29 is 19.4 Å². The molecule has 2 aliphatic rings. The van der Waals surface area contributed by atoms with Crippen molar-refractivity contribution >= 4 is 5.97 Å². The van der Waals surface area contributed by atoms with Gasteiger partial charge < -0.3 is 14.6 Å². The molecule has 1 fully saturated rings. The van der Waals surface area contributed by atoms with Gasteiger partial charge in [0.2, 0.25) is 0 Å². The lowest BCUT2D eigenvalue weighted by Gasteiger charge is -2.39. The zero-order valence-electron chi connectivity index (χ0n) is 12.2. The van der Waals surface area contributed by atoms with Crippen molar-refractivity contribution in [3.05, 3.63) is 24.3 Å². The lowest BCUT2D eigenvalue weighted by Crippen LogP contribution is -2.53. The molecule has 0 amide bonds. The summed E-state index contributed by atoms with van der Waals surface area (Å²) in [5, 5.41) is 9.45. The molecule has 0 aromatic heterocycles. The van der Waals surface area contributed by atoms with Crippen molar-refractivity contribution in [2.45, 2.75) is 31.9 Å². The van der Waals surface area contributed by atoms with E-state index in [0.29, 0.717) is 13.2 Å². The molecular formula is C16H21NO4. The number of nitrogens with zero attached hydrogens (tertiary/aromatic N) is 1.